The van der Waals surface area contributed by atoms with Crippen molar-refractivity contribution in [2.45, 2.75) is 97.7 Å². The number of fused-ring (bicyclic) bond motifs is 2. The fourth-order valence-corrected chi connectivity index (χ4v) is 6.21. The fourth-order valence-electron chi connectivity index (χ4n) is 6.21. The maximum Gasteiger partial charge on any atom is 0.312 e. The Kier molecular flexibility index (Phi) is 8.94. The van der Waals surface area contributed by atoms with E-state index in [0.29, 0.717) is 12.0 Å². The van der Waals surface area contributed by atoms with Crippen LogP contribution >= 0.6 is 0 Å². The van der Waals surface area contributed by atoms with E-state index in [0.717, 1.165) is 5.57 Å². The van der Waals surface area contributed by atoms with Crippen LogP contribution in [0.2, 0.25) is 0 Å². The van der Waals surface area contributed by atoms with Crippen molar-refractivity contribution < 1.29 is 52.8 Å². The Hall–Kier alpha value is -3.21. The molecule has 0 radical (unpaired) electrons. The zero-order valence-corrected chi connectivity index (χ0v) is 23.5. The average molecular weight is 551 g/mol. The average Bonchev–Trinajstić information content (AvgIpc) is 3.03. The van der Waals surface area contributed by atoms with Gasteiger partial charge in [-0.15, -0.1) is 0 Å². The molecule has 11 nitrogen and oxygen atoms in total. The molecule has 0 aromatic rings. The van der Waals surface area contributed by atoms with Crippen LogP contribution in [0.3, 0.4) is 0 Å². The summed E-state index contributed by atoms with van der Waals surface area (Å²) in [5, 5.41) is 12.4. The monoisotopic (exact) mass is 550 g/mol. The molecule has 1 fully saturated rings. The van der Waals surface area contributed by atoms with Crippen LogP contribution in [0.25, 0.3) is 0 Å². The van der Waals surface area contributed by atoms with E-state index in [1.165, 1.54) is 34.6 Å². The van der Waals surface area contributed by atoms with Crippen molar-refractivity contribution in [1.82, 2.24) is 0 Å². The third-order valence-corrected chi connectivity index (χ3v) is 8.14. The highest BCUT2D eigenvalue weighted by molar-refractivity contribution is 5.78. The maximum absolute atomic E-state index is 12.9. The third kappa shape index (κ3) is 5.88. The number of hydrogen-bond donors (Lipinski definition) is 1. The molecular weight excluding hydrogens is 512 g/mol. The van der Waals surface area contributed by atoms with Gasteiger partial charge in [0.15, 0.2) is 11.7 Å². The number of ether oxygens (including phenoxy) is 5. The van der Waals surface area contributed by atoms with Crippen molar-refractivity contribution >= 4 is 29.8 Å². The van der Waals surface area contributed by atoms with Crippen molar-refractivity contribution in [1.29, 1.82) is 0 Å². The lowest BCUT2D eigenvalue weighted by atomic mass is 9.56. The summed E-state index contributed by atoms with van der Waals surface area (Å²) in [6.07, 6.45) is -0.208. The summed E-state index contributed by atoms with van der Waals surface area (Å²) in [4.78, 5) is 61.9. The Morgan fingerprint density at radius 3 is 2.15 bits per heavy atom. The molecular formula is C28H38O11. The lowest BCUT2D eigenvalue weighted by Gasteiger charge is -2.54. The zero-order chi connectivity index (χ0) is 29.3. The maximum atomic E-state index is 12.9. The lowest BCUT2D eigenvalue weighted by molar-refractivity contribution is -0.217. The molecule has 216 valence electrons. The minimum absolute atomic E-state index is 0.176. The number of carbonyl (C=O) groups is 5. The van der Waals surface area contributed by atoms with Gasteiger partial charge >= 0.3 is 29.8 Å². The molecule has 2 aliphatic carbocycles. The number of carbonyl (C=O) groups excluding carboxylic acids is 5. The lowest BCUT2D eigenvalue weighted by Crippen LogP contribution is -2.65. The van der Waals surface area contributed by atoms with Gasteiger partial charge in [0.2, 0.25) is 0 Å². The largest absolute Gasteiger partial charge is 0.462 e. The summed E-state index contributed by atoms with van der Waals surface area (Å²) in [6.45, 7) is 9.70. The minimum atomic E-state index is -2.07. The van der Waals surface area contributed by atoms with Crippen LogP contribution < -0.4 is 0 Å². The second-order valence-corrected chi connectivity index (χ2v) is 10.9. The first kappa shape index (κ1) is 30.3. The zero-order valence-electron chi connectivity index (χ0n) is 23.5. The second kappa shape index (κ2) is 11.5. The Morgan fingerprint density at radius 2 is 1.59 bits per heavy atom. The first-order valence-electron chi connectivity index (χ1n) is 13.1. The molecule has 0 unspecified atom stereocenters. The summed E-state index contributed by atoms with van der Waals surface area (Å²) >= 11 is 0. The standard InChI is InChI=1S/C28H38O11/c1-14-8-10-21(36-17(4)30)27(7)22(37-18(5)31)11-9-20(13-35-16(3)29)24(27)25(38-19(6)32)28(34)15(2)26(33)39-23(28)12-14/h9,12,15,21-25,34H,8,10-11,13H2,1-7H3/b14-12-/t15-,21-,22-,23-,24+,25-,27-,28-/m0/s1. The van der Waals surface area contributed by atoms with Crippen molar-refractivity contribution in [2.24, 2.45) is 17.3 Å². The van der Waals surface area contributed by atoms with E-state index in [9.17, 15) is 29.1 Å². The van der Waals surface area contributed by atoms with Gasteiger partial charge in [0, 0.05) is 40.0 Å². The van der Waals surface area contributed by atoms with Gasteiger partial charge in [-0.1, -0.05) is 18.6 Å². The Labute approximate surface area is 227 Å². The molecule has 0 bridgehead atoms. The molecule has 0 saturated carbocycles. The van der Waals surface area contributed by atoms with E-state index >= 15 is 0 Å². The van der Waals surface area contributed by atoms with E-state index in [-0.39, 0.29) is 19.4 Å². The summed E-state index contributed by atoms with van der Waals surface area (Å²) in [5.74, 6) is -5.31. The van der Waals surface area contributed by atoms with E-state index in [1.807, 2.05) is 0 Å². The Bertz CT molecular complexity index is 1090. The van der Waals surface area contributed by atoms with E-state index in [1.54, 1.807) is 26.0 Å². The second-order valence-electron chi connectivity index (χ2n) is 10.9. The van der Waals surface area contributed by atoms with Crippen molar-refractivity contribution in [2.75, 3.05) is 6.61 Å². The predicted octanol–water partition coefficient (Wildman–Crippen LogP) is 2.33. The van der Waals surface area contributed by atoms with Crippen LogP contribution in [-0.4, -0.2) is 71.6 Å². The molecule has 1 N–H and O–H groups in total. The van der Waals surface area contributed by atoms with Crippen LogP contribution in [0.1, 0.15) is 67.7 Å². The SMILES string of the molecule is CC(=O)OCC1=CC[C@H](OC(C)=O)[C@]2(C)[C@@H](OC(C)=O)CC/C(C)=C\[C@@H]3OC(=O)[C@H](C)[C@@]3(O)[C@@H](OC(C)=O)[C@@H]12. The molecule has 0 spiro atoms. The molecule has 0 aromatic heterocycles. The van der Waals surface area contributed by atoms with Gasteiger partial charge < -0.3 is 28.8 Å². The van der Waals surface area contributed by atoms with Gasteiger partial charge in [-0.2, -0.15) is 0 Å². The number of aliphatic hydroxyl groups is 1. The van der Waals surface area contributed by atoms with Crippen molar-refractivity contribution in [3.63, 3.8) is 0 Å². The Morgan fingerprint density at radius 1 is 1.00 bits per heavy atom. The van der Waals surface area contributed by atoms with Crippen LogP contribution in [0.4, 0.5) is 0 Å². The quantitative estimate of drug-likeness (QED) is 0.305. The van der Waals surface area contributed by atoms with Crippen LogP contribution in [0.5, 0.6) is 0 Å². The van der Waals surface area contributed by atoms with Gasteiger partial charge in [0.25, 0.3) is 0 Å². The van der Waals surface area contributed by atoms with E-state index in [2.05, 4.69) is 0 Å². The number of allylic oxidation sites excluding steroid dienone is 1. The molecule has 3 rings (SSSR count). The molecule has 1 saturated heterocycles. The molecule has 0 aromatic carbocycles. The van der Waals surface area contributed by atoms with Gasteiger partial charge in [-0.05, 0) is 38.3 Å². The first-order chi connectivity index (χ1) is 18.1. The van der Waals surface area contributed by atoms with Crippen LogP contribution in [0, 0.1) is 17.3 Å². The summed E-state index contributed by atoms with van der Waals surface area (Å²) in [5.41, 5.74) is -2.16. The van der Waals surface area contributed by atoms with Crippen LogP contribution in [-0.2, 0) is 47.7 Å². The van der Waals surface area contributed by atoms with E-state index in [4.69, 9.17) is 23.7 Å². The molecule has 8 atom stereocenters. The van der Waals surface area contributed by atoms with Crippen molar-refractivity contribution in [3.8, 4) is 0 Å². The number of esters is 5. The topological polar surface area (TPSA) is 152 Å². The van der Waals surface area contributed by atoms with Gasteiger partial charge in [0.1, 0.15) is 24.9 Å². The van der Waals surface area contributed by atoms with E-state index < -0.39 is 77.1 Å². The molecule has 0 amide bonds. The van der Waals surface area contributed by atoms with Gasteiger partial charge in [-0.25, -0.2) is 0 Å². The fraction of sp³-hybridized carbons (Fsp3) is 0.679. The molecule has 3 aliphatic rings. The highest BCUT2D eigenvalue weighted by Gasteiger charge is 2.67. The minimum Gasteiger partial charge on any atom is -0.462 e. The van der Waals surface area contributed by atoms with Gasteiger partial charge in [-0.3, -0.25) is 24.0 Å². The van der Waals surface area contributed by atoms with Gasteiger partial charge in [0.05, 0.1) is 11.3 Å². The normalized spacial score (nSPS) is 37.5. The highest BCUT2D eigenvalue weighted by atomic mass is 16.6. The van der Waals surface area contributed by atoms with Crippen molar-refractivity contribution in [3.05, 3.63) is 23.3 Å². The third-order valence-electron chi connectivity index (χ3n) is 8.14. The summed E-state index contributed by atoms with van der Waals surface area (Å²) < 4.78 is 28.4. The molecule has 1 heterocycles. The summed E-state index contributed by atoms with van der Waals surface area (Å²) in [6, 6.07) is 0. The van der Waals surface area contributed by atoms with Crippen LogP contribution in [0.15, 0.2) is 23.3 Å². The summed E-state index contributed by atoms with van der Waals surface area (Å²) in [7, 11) is 0. The molecule has 39 heavy (non-hydrogen) atoms. The Balaban J connectivity index is 2.39. The smallest absolute Gasteiger partial charge is 0.312 e. The molecule has 1 aliphatic heterocycles. The predicted molar refractivity (Wildman–Crippen MR) is 135 cm³/mol. The number of hydrogen-bond acceptors (Lipinski definition) is 11. The molecule has 11 heteroatoms. The first-order valence-corrected chi connectivity index (χ1v) is 13.1. The number of rotatable bonds is 5. The highest BCUT2D eigenvalue weighted by Crippen LogP contribution is 2.55.